The van der Waals surface area contributed by atoms with Crippen molar-refractivity contribution in [3.05, 3.63) is 35.9 Å². The van der Waals surface area contributed by atoms with Crippen LogP contribution in [0.1, 0.15) is 19.4 Å². The zero-order valence-electron chi connectivity index (χ0n) is 12.7. The van der Waals surface area contributed by atoms with Gasteiger partial charge >= 0.3 is 0 Å². The SMILES string of the molecule is COc1ccc(C=CC(=O)N(C)CC(C)(C)CN)cc1. The monoisotopic (exact) mass is 276 g/mol. The number of ether oxygens (including phenoxy) is 1. The summed E-state index contributed by atoms with van der Waals surface area (Å²) in [4.78, 5) is 13.7. The number of rotatable bonds is 6. The van der Waals surface area contributed by atoms with E-state index in [9.17, 15) is 4.79 Å². The minimum atomic E-state index is -0.0711. The average Bonchev–Trinajstić information content (AvgIpc) is 2.44. The normalized spacial score (nSPS) is 11.7. The fourth-order valence-corrected chi connectivity index (χ4v) is 1.79. The fourth-order valence-electron chi connectivity index (χ4n) is 1.79. The van der Waals surface area contributed by atoms with E-state index in [0.29, 0.717) is 13.1 Å². The maximum atomic E-state index is 12.0. The van der Waals surface area contributed by atoms with Gasteiger partial charge in [-0.2, -0.15) is 0 Å². The minimum Gasteiger partial charge on any atom is -0.497 e. The predicted octanol–water partition coefficient (Wildman–Crippen LogP) is 2.15. The molecule has 110 valence electrons. The first kappa shape index (κ1) is 16.2. The summed E-state index contributed by atoms with van der Waals surface area (Å²) in [5, 5.41) is 0. The molecular weight excluding hydrogens is 252 g/mol. The van der Waals surface area contributed by atoms with Gasteiger partial charge in [0.15, 0.2) is 0 Å². The third-order valence-electron chi connectivity index (χ3n) is 3.13. The van der Waals surface area contributed by atoms with Crippen molar-refractivity contribution in [1.82, 2.24) is 4.90 Å². The summed E-state index contributed by atoms with van der Waals surface area (Å²) >= 11 is 0. The van der Waals surface area contributed by atoms with Gasteiger partial charge in [-0.05, 0) is 35.7 Å². The van der Waals surface area contributed by atoms with Gasteiger partial charge in [0, 0.05) is 19.7 Å². The molecule has 1 rings (SSSR count). The zero-order valence-corrected chi connectivity index (χ0v) is 12.7. The second kappa shape index (κ2) is 7.10. The first-order chi connectivity index (χ1) is 9.38. The summed E-state index contributed by atoms with van der Waals surface area (Å²) in [7, 11) is 3.42. The van der Waals surface area contributed by atoms with Crippen LogP contribution in [0.3, 0.4) is 0 Å². The summed E-state index contributed by atoms with van der Waals surface area (Å²) < 4.78 is 5.09. The number of likely N-dealkylation sites (N-methyl/N-ethyl adjacent to an activating group) is 1. The van der Waals surface area contributed by atoms with Crippen LogP contribution in [0.4, 0.5) is 0 Å². The molecule has 1 aromatic rings. The number of nitrogens with zero attached hydrogens (tertiary/aromatic N) is 1. The molecule has 0 aromatic heterocycles. The Morgan fingerprint density at radius 3 is 2.45 bits per heavy atom. The molecule has 0 aliphatic heterocycles. The Hall–Kier alpha value is -1.81. The number of hydrogen-bond acceptors (Lipinski definition) is 3. The van der Waals surface area contributed by atoms with Crippen LogP contribution in [-0.4, -0.2) is 38.1 Å². The molecule has 0 heterocycles. The Morgan fingerprint density at radius 2 is 1.95 bits per heavy atom. The van der Waals surface area contributed by atoms with Crippen LogP contribution in [0, 0.1) is 5.41 Å². The Morgan fingerprint density at radius 1 is 1.35 bits per heavy atom. The highest BCUT2D eigenvalue weighted by Crippen LogP contribution is 2.15. The van der Waals surface area contributed by atoms with E-state index < -0.39 is 0 Å². The van der Waals surface area contributed by atoms with Crippen LogP contribution < -0.4 is 10.5 Å². The van der Waals surface area contributed by atoms with Crippen LogP contribution in [-0.2, 0) is 4.79 Å². The van der Waals surface area contributed by atoms with Gasteiger partial charge < -0.3 is 15.4 Å². The van der Waals surface area contributed by atoms with Gasteiger partial charge in [0.1, 0.15) is 5.75 Å². The molecule has 20 heavy (non-hydrogen) atoms. The second-order valence-corrected chi connectivity index (χ2v) is 5.67. The lowest BCUT2D eigenvalue weighted by Gasteiger charge is -2.28. The maximum Gasteiger partial charge on any atom is 0.246 e. The smallest absolute Gasteiger partial charge is 0.246 e. The van der Waals surface area contributed by atoms with Gasteiger partial charge in [-0.1, -0.05) is 26.0 Å². The van der Waals surface area contributed by atoms with Gasteiger partial charge in [0.2, 0.25) is 5.91 Å². The van der Waals surface area contributed by atoms with E-state index >= 15 is 0 Å². The molecule has 4 nitrogen and oxygen atoms in total. The number of benzene rings is 1. The minimum absolute atomic E-state index is 0.0256. The third kappa shape index (κ3) is 5.05. The number of carbonyl (C=O) groups is 1. The van der Waals surface area contributed by atoms with Crippen molar-refractivity contribution >= 4 is 12.0 Å². The molecule has 0 saturated heterocycles. The van der Waals surface area contributed by atoms with E-state index in [0.717, 1.165) is 11.3 Å². The molecule has 0 aliphatic carbocycles. The van der Waals surface area contributed by atoms with Crippen LogP contribution >= 0.6 is 0 Å². The Balaban J connectivity index is 2.62. The first-order valence-corrected chi connectivity index (χ1v) is 6.65. The summed E-state index contributed by atoms with van der Waals surface area (Å²) in [6.45, 7) is 5.27. The Kier molecular flexibility index (Phi) is 5.77. The number of nitrogens with two attached hydrogens (primary N) is 1. The molecule has 0 aliphatic rings. The van der Waals surface area contributed by atoms with E-state index in [1.807, 2.05) is 38.1 Å². The Labute approximate surface area is 121 Å². The van der Waals surface area contributed by atoms with Crippen molar-refractivity contribution in [3.8, 4) is 5.75 Å². The van der Waals surface area contributed by atoms with Crippen LogP contribution in [0.15, 0.2) is 30.3 Å². The molecule has 0 radical (unpaired) electrons. The van der Waals surface area contributed by atoms with Crippen molar-refractivity contribution in [3.63, 3.8) is 0 Å². The van der Waals surface area contributed by atoms with Gasteiger partial charge in [-0.3, -0.25) is 4.79 Å². The van der Waals surface area contributed by atoms with Crippen molar-refractivity contribution < 1.29 is 9.53 Å². The molecule has 1 aromatic carbocycles. The molecule has 2 N–H and O–H groups in total. The van der Waals surface area contributed by atoms with Crippen molar-refractivity contribution in [2.75, 3.05) is 27.2 Å². The molecule has 0 bridgehead atoms. The lowest BCUT2D eigenvalue weighted by Crippen LogP contribution is -2.39. The van der Waals surface area contributed by atoms with E-state index in [4.69, 9.17) is 10.5 Å². The maximum absolute atomic E-state index is 12.0. The third-order valence-corrected chi connectivity index (χ3v) is 3.13. The summed E-state index contributed by atoms with van der Waals surface area (Å²) in [5.74, 6) is 0.776. The van der Waals surface area contributed by atoms with E-state index in [1.165, 1.54) is 0 Å². The lowest BCUT2D eigenvalue weighted by molar-refractivity contribution is -0.125. The molecule has 0 spiro atoms. The van der Waals surface area contributed by atoms with E-state index in [2.05, 4.69) is 0 Å². The van der Waals surface area contributed by atoms with E-state index in [1.54, 1.807) is 31.2 Å². The summed E-state index contributed by atoms with van der Waals surface area (Å²) in [6, 6.07) is 7.55. The van der Waals surface area contributed by atoms with E-state index in [-0.39, 0.29) is 11.3 Å². The summed E-state index contributed by atoms with van der Waals surface area (Å²) in [6.07, 6.45) is 3.38. The highest BCUT2D eigenvalue weighted by Gasteiger charge is 2.19. The topological polar surface area (TPSA) is 55.6 Å². The van der Waals surface area contributed by atoms with Gasteiger partial charge in [0.05, 0.1) is 7.11 Å². The van der Waals surface area contributed by atoms with Crippen molar-refractivity contribution in [1.29, 1.82) is 0 Å². The number of amides is 1. The highest BCUT2D eigenvalue weighted by molar-refractivity contribution is 5.91. The van der Waals surface area contributed by atoms with Crippen LogP contribution in [0.2, 0.25) is 0 Å². The predicted molar refractivity (Wildman–Crippen MR) is 82.5 cm³/mol. The first-order valence-electron chi connectivity index (χ1n) is 6.65. The van der Waals surface area contributed by atoms with Crippen molar-refractivity contribution in [2.45, 2.75) is 13.8 Å². The van der Waals surface area contributed by atoms with Crippen LogP contribution in [0.25, 0.3) is 6.08 Å². The standard InChI is InChI=1S/C16H24N2O2/c1-16(2,11-17)12-18(3)15(19)10-7-13-5-8-14(20-4)9-6-13/h5-10H,11-12,17H2,1-4H3. The number of hydrogen-bond donors (Lipinski definition) is 1. The quantitative estimate of drug-likeness (QED) is 0.810. The molecule has 0 atom stereocenters. The molecular formula is C16H24N2O2. The molecule has 0 fully saturated rings. The largest absolute Gasteiger partial charge is 0.497 e. The molecule has 0 saturated carbocycles. The second-order valence-electron chi connectivity index (χ2n) is 5.67. The Bertz CT molecular complexity index is 464. The average molecular weight is 276 g/mol. The van der Waals surface area contributed by atoms with Crippen molar-refractivity contribution in [2.24, 2.45) is 11.1 Å². The van der Waals surface area contributed by atoms with Gasteiger partial charge in [-0.15, -0.1) is 0 Å². The van der Waals surface area contributed by atoms with Gasteiger partial charge in [-0.25, -0.2) is 0 Å². The fraction of sp³-hybridized carbons (Fsp3) is 0.438. The van der Waals surface area contributed by atoms with Crippen LogP contribution in [0.5, 0.6) is 5.75 Å². The molecule has 4 heteroatoms. The molecule has 0 unspecified atom stereocenters. The molecule has 1 amide bonds. The van der Waals surface area contributed by atoms with Gasteiger partial charge in [0.25, 0.3) is 0 Å². The highest BCUT2D eigenvalue weighted by atomic mass is 16.5. The number of carbonyl (C=O) groups excluding carboxylic acids is 1. The zero-order chi connectivity index (χ0) is 15.2. The number of methoxy groups -OCH3 is 1. The summed E-state index contributed by atoms with van der Waals surface area (Å²) in [5.41, 5.74) is 6.57. The lowest BCUT2D eigenvalue weighted by atomic mass is 9.93.